The fourth-order valence-corrected chi connectivity index (χ4v) is 5.28. The van der Waals surface area contributed by atoms with Crippen LogP contribution in [0.3, 0.4) is 0 Å². The summed E-state index contributed by atoms with van der Waals surface area (Å²) in [6, 6.07) is 14.5. The molecule has 5 heterocycles. The van der Waals surface area contributed by atoms with E-state index >= 15 is 0 Å². The summed E-state index contributed by atoms with van der Waals surface area (Å²) in [5.74, 6) is 0.701. The molecule has 8 heteroatoms. The van der Waals surface area contributed by atoms with Crippen molar-refractivity contribution in [3.8, 4) is 33.2 Å². The van der Waals surface area contributed by atoms with E-state index in [-0.39, 0.29) is 5.41 Å². The molecule has 6 rings (SSSR count). The summed E-state index contributed by atoms with van der Waals surface area (Å²) in [6.07, 6.45) is 5.40. The maximum atomic E-state index is 5.00. The number of fused-ring (bicyclic) bond motifs is 2. The Morgan fingerprint density at radius 2 is 1.85 bits per heavy atom. The third kappa shape index (κ3) is 4.64. The highest BCUT2D eigenvalue weighted by Crippen LogP contribution is 2.37. The van der Waals surface area contributed by atoms with Gasteiger partial charge in [0.25, 0.3) is 0 Å². The summed E-state index contributed by atoms with van der Waals surface area (Å²) >= 11 is 1.72. The van der Waals surface area contributed by atoms with Crippen molar-refractivity contribution in [3.63, 3.8) is 0 Å². The van der Waals surface area contributed by atoms with Crippen molar-refractivity contribution in [3.05, 3.63) is 84.8 Å². The van der Waals surface area contributed by atoms with E-state index in [2.05, 4.69) is 82.6 Å². The van der Waals surface area contributed by atoms with Gasteiger partial charge in [-0.2, -0.15) is 5.10 Å². The molecule has 0 fully saturated rings. The van der Waals surface area contributed by atoms with E-state index in [1.165, 1.54) is 4.88 Å². The van der Waals surface area contributed by atoms with Gasteiger partial charge in [-0.25, -0.2) is 4.98 Å². The number of pyridine rings is 2. The van der Waals surface area contributed by atoms with Gasteiger partial charge in [0, 0.05) is 43.6 Å². The number of aromatic nitrogens is 6. The minimum Gasteiger partial charge on any atom is -0.358 e. The fourth-order valence-electron chi connectivity index (χ4n) is 4.32. The number of H-pyrrole nitrogens is 2. The van der Waals surface area contributed by atoms with Crippen molar-refractivity contribution >= 4 is 44.5 Å². The second kappa shape index (κ2) is 9.32. The van der Waals surface area contributed by atoms with E-state index in [0.717, 1.165) is 66.3 Å². The molecule has 0 atom stereocenters. The van der Waals surface area contributed by atoms with Crippen LogP contribution in [0.1, 0.15) is 32.6 Å². The van der Waals surface area contributed by atoms with E-state index in [4.69, 9.17) is 4.98 Å². The number of nitrogens with one attached hydrogen (secondary N) is 3. The summed E-state index contributed by atoms with van der Waals surface area (Å²) < 4.78 is 0. The molecular weight excluding hydrogens is 502 g/mol. The van der Waals surface area contributed by atoms with Crippen molar-refractivity contribution in [2.75, 3.05) is 5.32 Å². The summed E-state index contributed by atoms with van der Waals surface area (Å²) in [5, 5.41) is 12.0. The van der Waals surface area contributed by atoms with Crippen molar-refractivity contribution in [2.24, 2.45) is 5.41 Å². The number of allylic oxidation sites excluding steroid dienone is 2. The van der Waals surface area contributed by atoms with Crippen molar-refractivity contribution in [2.45, 2.75) is 27.7 Å². The lowest BCUT2D eigenvalue weighted by molar-refractivity contribution is 0.509. The smallest absolute Gasteiger partial charge is 0.159 e. The Morgan fingerprint density at radius 1 is 1.00 bits per heavy atom. The number of benzene rings is 1. The topological polar surface area (TPSA) is 95.2 Å². The molecule has 5 aromatic heterocycles. The Hall–Kier alpha value is -4.56. The van der Waals surface area contributed by atoms with Crippen LogP contribution >= 0.6 is 11.3 Å². The van der Waals surface area contributed by atoms with E-state index < -0.39 is 0 Å². The second-order valence-corrected chi connectivity index (χ2v) is 11.8. The van der Waals surface area contributed by atoms with Crippen LogP contribution in [-0.2, 0) is 0 Å². The van der Waals surface area contributed by atoms with Crippen LogP contribution in [-0.4, -0.2) is 30.1 Å². The van der Waals surface area contributed by atoms with Crippen LogP contribution < -0.4 is 5.32 Å². The summed E-state index contributed by atoms with van der Waals surface area (Å²) in [4.78, 5) is 19.9. The quantitative estimate of drug-likeness (QED) is 0.201. The Balaban J connectivity index is 1.39. The molecule has 0 saturated carbocycles. The minimum atomic E-state index is -0.0678. The number of aromatic amines is 2. The minimum absolute atomic E-state index is 0.0678. The maximum absolute atomic E-state index is 5.00. The summed E-state index contributed by atoms with van der Waals surface area (Å²) in [7, 11) is 0. The number of thiophene rings is 1. The van der Waals surface area contributed by atoms with Crippen LogP contribution in [0.15, 0.2) is 79.9 Å². The molecular formula is C31H29N7S. The average Bonchev–Trinajstić information content (AvgIpc) is 3.65. The Labute approximate surface area is 230 Å². The zero-order valence-electron chi connectivity index (χ0n) is 22.4. The van der Waals surface area contributed by atoms with Crippen LogP contribution in [0.25, 0.3) is 60.7 Å². The van der Waals surface area contributed by atoms with Gasteiger partial charge in [-0.3, -0.25) is 15.1 Å². The number of anilines is 1. The molecule has 0 unspecified atom stereocenters. The molecule has 3 N–H and O–H groups in total. The van der Waals surface area contributed by atoms with Gasteiger partial charge in [0.2, 0.25) is 0 Å². The largest absolute Gasteiger partial charge is 0.358 e. The van der Waals surface area contributed by atoms with Gasteiger partial charge in [0.05, 0.1) is 40.3 Å². The van der Waals surface area contributed by atoms with Gasteiger partial charge in [0.1, 0.15) is 5.69 Å². The van der Waals surface area contributed by atoms with Gasteiger partial charge in [-0.05, 0) is 42.8 Å². The Bertz CT molecular complexity index is 1880. The van der Waals surface area contributed by atoms with Gasteiger partial charge >= 0.3 is 0 Å². The molecule has 0 radical (unpaired) electrons. The number of nitrogens with zero attached hydrogens (tertiary/aromatic N) is 4. The lowest BCUT2D eigenvalue weighted by Crippen LogP contribution is -2.15. The molecule has 7 nitrogen and oxygen atoms in total. The highest BCUT2D eigenvalue weighted by molar-refractivity contribution is 7.16. The number of rotatable bonds is 6. The first-order valence-corrected chi connectivity index (χ1v) is 13.5. The zero-order chi connectivity index (χ0) is 27.3. The van der Waals surface area contributed by atoms with Crippen LogP contribution in [0, 0.1) is 5.41 Å². The molecule has 0 saturated heterocycles. The SMILES string of the molecule is C=C(C)c1ccc(-c2cccc3[nH]c(-c4n[nH]c5cnc(-c6cncc(NC(=C)C(C)(C)C)c6)cc45)nc23)s1. The third-order valence-corrected chi connectivity index (χ3v) is 7.99. The molecule has 0 aliphatic rings. The van der Waals surface area contributed by atoms with E-state index in [9.17, 15) is 0 Å². The standard InChI is InChI=1S/C31H29N7S/c1-17(2)26-10-11-27(39-26)21-8-7-9-23-28(21)36-30(35-23)29-22-13-24(33-16-25(22)37-38-29)19-12-20(15-32-14-19)34-18(3)31(4,5)6/h7-16,34H,1,3H2,2,4-6H3,(H,35,36)(H,37,38). The molecule has 0 spiro atoms. The summed E-state index contributed by atoms with van der Waals surface area (Å²) in [6.45, 7) is 16.6. The van der Waals surface area contributed by atoms with Crippen LogP contribution in [0.4, 0.5) is 5.69 Å². The van der Waals surface area contributed by atoms with E-state index in [1.54, 1.807) is 23.7 Å². The molecule has 1 aromatic carbocycles. The summed E-state index contributed by atoms with van der Waals surface area (Å²) in [5.41, 5.74) is 9.01. The van der Waals surface area contributed by atoms with E-state index in [1.807, 2.05) is 37.4 Å². The average molecular weight is 532 g/mol. The predicted octanol–water partition coefficient (Wildman–Crippen LogP) is 8.30. The van der Waals surface area contributed by atoms with Gasteiger partial charge < -0.3 is 10.3 Å². The Kier molecular flexibility index (Phi) is 5.92. The molecule has 0 aliphatic heterocycles. The normalized spacial score (nSPS) is 11.8. The molecule has 194 valence electrons. The lowest BCUT2D eigenvalue weighted by atomic mass is 9.93. The monoisotopic (exact) mass is 531 g/mol. The first-order chi connectivity index (χ1) is 18.7. The van der Waals surface area contributed by atoms with Gasteiger partial charge in [-0.1, -0.05) is 46.1 Å². The first kappa shape index (κ1) is 24.8. The fraction of sp³-hybridized carbons (Fsp3) is 0.161. The molecule has 0 amide bonds. The van der Waals surface area contributed by atoms with Crippen molar-refractivity contribution in [1.82, 2.24) is 30.1 Å². The second-order valence-electron chi connectivity index (χ2n) is 10.7. The van der Waals surface area contributed by atoms with E-state index in [0.29, 0.717) is 5.82 Å². The van der Waals surface area contributed by atoms with Gasteiger partial charge in [-0.15, -0.1) is 11.3 Å². The molecule has 39 heavy (non-hydrogen) atoms. The number of para-hydroxylation sites is 1. The lowest BCUT2D eigenvalue weighted by Gasteiger charge is -2.23. The molecule has 0 bridgehead atoms. The predicted molar refractivity (Wildman–Crippen MR) is 162 cm³/mol. The third-order valence-electron chi connectivity index (χ3n) is 6.71. The Morgan fingerprint density at radius 3 is 2.62 bits per heavy atom. The highest BCUT2D eigenvalue weighted by atomic mass is 32.1. The number of hydrogen-bond acceptors (Lipinski definition) is 6. The highest BCUT2D eigenvalue weighted by Gasteiger charge is 2.18. The van der Waals surface area contributed by atoms with Crippen molar-refractivity contribution < 1.29 is 0 Å². The molecule has 0 aliphatic carbocycles. The number of imidazole rings is 1. The zero-order valence-corrected chi connectivity index (χ0v) is 23.2. The first-order valence-electron chi connectivity index (χ1n) is 12.7. The maximum Gasteiger partial charge on any atom is 0.159 e. The molecule has 6 aromatic rings. The van der Waals surface area contributed by atoms with Gasteiger partial charge in [0.15, 0.2) is 5.82 Å². The number of hydrogen-bond donors (Lipinski definition) is 3. The van der Waals surface area contributed by atoms with Crippen molar-refractivity contribution in [1.29, 1.82) is 0 Å². The van der Waals surface area contributed by atoms with Crippen LogP contribution in [0.2, 0.25) is 0 Å². The van der Waals surface area contributed by atoms with Crippen LogP contribution in [0.5, 0.6) is 0 Å².